The molecule has 0 aliphatic heterocycles. The van der Waals surface area contributed by atoms with Gasteiger partial charge in [0.15, 0.2) is 6.10 Å². The van der Waals surface area contributed by atoms with Crippen LogP contribution >= 0.6 is 0 Å². The van der Waals surface area contributed by atoms with Crippen LogP contribution in [-0.2, 0) is 5.41 Å². The van der Waals surface area contributed by atoms with Crippen LogP contribution in [0.5, 0.6) is 5.75 Å². The summed E-state index contributed by atoms with van der Waals surface area (Å²) in [4.78, 5) is 8.58. The predicted octanol–water partition coefficient (Wildman–Crippen LogP) is 4.57. The Kier molecular flexibility index (Phi) is 4.34. The van der Waals surface area contributed by atoms with E-state index in [1.807, 2.05) is 37.3 Å². The molecule has 3 rings (SSSR count). The highest BCUT2D eigenvalue weighted by molar-refractivity contribution is 5.47. The maximum atomic E-state index is 5.90. The van der Waals surface area contributed by atoms with E-state index in [1.165, 1.54) is 5.56 Å². The standard InChI is InChI=1S/C19H21N3O2/c1-13(23-15-10-8-14(9-11-15)19(2,3)4)18-21-17(22-24-18)16-7-5-6-12-20-16/h5-13H,1-4H3/t13-/m1/s1. The zero-order valence-corrected chi connectivity index (χ0v) is 14.4. The van der Waals surface area contributed by atoms with Crippen molar-refractivity contribution in [3.63, 3.8) is 0 Å². The predicted molar refractivity (Wildman–Crippen MR) is 91.7 cm³/mol. The second kappa shape index (κ2) is 6.43. The summed E-state index contributed by atoms with van der Waals surface area (Å²) in [5, 5.41) is 3.97. The Hall–Kier alpha value is -2.69. The molecule has 0 spiro atoms. The summed E-state index contributed by atoms with van der Waals surface area (Å²) in [6.07, 6.45) is 1.36. The molecule has 3 aromatic rings. The highest BCUT2D eigenvalue weighted by atomic mass is 16.5. The van der Waals surface area contributed by atoms with E-state index in [0.29, 0.717) is 17.4 Å². The summed E-state index contributed by atoms with van der Waals surface area (Å²) in [5.74, 6) is 1.66. The van der Waals surface area contributed by atoms with E-state index in [1.54, 1.807) is 6.20 Å². The van der Waals surface area contributed by atoms with Gasteiger partial charge in [-0.15, -0.1) is 0 Å². The summed E-state index contributed by atoms with van der Waals surface area (Å²) in [5.41, 5.74) is 2.06. The summed E-state index contributed by atoms with van der Waals surface area (Å²) in [6, 6.07) is 13.7. The minimum atomic E-state index is -0.338. The maximum absolute atomic E-state index is 5.90. The molecule has 0 amide bonds. The molecule has 5 heteroatoms. The maximum Gasteiger partial charge on any atom is 0.267 e. The van der Waals surface area contributed by atoms with Gasteiger partial charge in [0, 0.05) is 6.20 Å². The van der Waals surface area contributed by atoms with E-state index in [0.717, 1.165) is 5.75 Å². The summed E-state index contributed by atoms with van der Waals surface area (Å²) in [7, 11) is 0. The Bertz CT molecular complexity index is 789. The smallest absolute Gasteiger partial charge is 0.267 e. The quantitative estimate of drug-likeness (QED) is 0.704. The van der Waals surface area contributed by atoms with E-state index in [4.69, 9.17) is 9.26 Å². The van der Waals surface area contributed by atoms with E-state index >= 15 is 0 Å². The molecule has 0 saturated carbocycles. The first-order valence-electron chi connectivity index (χ1n) is 7.96. The lowest BCUT2D eigenvalue weighted by Crippen LogP contribution is -2.10. The molecule has 2 heterocycles. The Labute approximate surface area is 141 Å². The van der Waals surface area contributed by atoms with Gasteiger partial charge >= 0.3 is 0 Å². The van der Waals surface area contributed by atoms with Gasteiger partial charge in [-0.3, -0.25) is 4.98 Å². The van der Waals surface area contributed by atoms with Crippen LogP contribution in [0.3, 0.4) is 0 Å². The van der Waals surface area contributed by atoms with Crippen molar-refractivity contribution in [2.75, 3.05) is 0 Å². The Morgan fingerprint density at radius 1 is 1.04 bits per heavy atom. The van der Waals surface area contributed by atoms with Crippen LogP contribution in [0, 0.1) is 0 Å². The van der Waals surface area contributed by atoms with Crippen molar-refractivity contribution >= 4 is 0 Å². The molecule has 0 aliphatic rings. The summed E-state index contributed by atoms with van der Waals surface area (Å²) >= 11 is 0. The fourth-order valence-electron chi connectivity index (χ4n) is 2.29. The van der Waals surface area contributed by atoms with Gasteiger partial charge in [0.05, 0.1) is 0 Å². The van der Waals surface area contributed by atoms with Gasteiger partial charge in [0.2, 0.25) is 5.82 Å². The highest BCUT2D eigenvalue weighted by Crippen LogP contribution is 2.27. The molecule has 0 unspecified atom stereocenters. The van der Waals surface area contributed by atoms with E-state index in [2.05, 4.69) is 48.0 Å². The molecular weight excluding hydrogens is 302 g/mol. The second-order valence-corrected chi connectivity index (χ2v) is 6.71. The van der Waals surface area contributed by atoms with E-state index < -0.39 is 0 Å². The zero-order valence-electron chi connectivity index (χ0n) is 14.4. The molecule has 1 aromatic carbocycles. The number of hydrogen-bond acceptors (Lipinski definition) is 5. The zero-order chi connectivity index (χ0) is 17.2. The lowest BCUT2D eigenvalue weighted by Gasteiger charge is -2.19. The molecule has 0 bridgehead atoms. The summed E-state index contributed by atoms with van der Waals surface area (Å²) in [6.45, 7) is 8.43. The lowest BCUT2D eigenvalue weighted by atomic mass is 9.87. The largest absolute Gasteiger partial charge is 0.481 e. The van der Waals surface area contributed by atoms with Gasteiger partial charge in [-0.2, -0.15) is 4.98 Å². The number of ether oxygens (including phenoxy) is 1. The Morgan fingerprint density at radius 3 is 2.42 bits per heavy atom. The fourth-order valence-corrected chi connectivity index (χ4v) is 2.29. The third-order valence-electron chi connectivity index (χ3n) is 3.72. The molecule has 0 aliphatic carbocycles. The van der Waals surface area contributed by atoms with Gasteiger partial charge in [0.25, 0.3) is 5.89 Å². The van der Waals surface area contributed by atoms with Crippen molar-refractivity contribution in [3.8, 4) is 17.3 Å². The normalized spacial score (nSPS) is 12.8. The SMILES string of the molecule is C[C@@H](Oc1ccc(C(C)(C)C)cc1)c1nc(-c2ccccn2)no1. The number of nitrogens with zero attached hydrogens (tertiary/aromatic N) is 3. The van der Waals surface area contributed by atoms with Crippen molar-refractivity contribution < 1.29 is 9.26 Å². The molecule has 124 valence electrons. The first-order chi connectivity index (χ1) is 11.4. The van der Waals surface area contributed by atoms with Gasteiger partial charge < -0.3 is 9.26 Å². The molecule has 24 heavy (non-hydrogen) atoms. The number of pyridine rings is 1. The van der Waals surface area contributed by atoms with Gasteiger partial charge in [-0.25, -0.2) is 0 Å². The van der Waals surface area contributed by atoms with Crippen LogP contribution in [0.1, 0.15) is 45.3 Å². The van der Waals surface area contributed by atoms with Crippen LogP contribution in [0.25, 0.3) is 11.5 Å². The number of aromatic nitrogens is 3. The van der Waals surface area contributed by atoms with Crippen molar-refractivity contribution in [2.24, 2.45) is 0 Å². The van der Waals surface area contributed by atoms with Crippen LogP contribution in [0.15, 0.2) is 53.2 Å². The second-order valence-electron chi connectivity index (χ2n) is 6.71. The molecular formula is C19H21N3O2. The Morgan fingerprint density at radius 2 is 1.79 bits per heavy atom. The molecule has 1 atom stereocenters. The van der Waals surface area contributed by atoms with Crippen LogP contribution < -0.4 is 4.74 Å². The minimum absolute atomic E-state index is 0.119. The number of benzene rings is 1. The van der Waals surface area contributed by atoms with Gasteiger partial charge in [-0.1, -0.05) is 44.1 Å². The average molecular weight is 323 g/mol. The summed E-state index contributed by atoms with van der Waals surface area (Å²) < 4.78 is 11.2. The topological polar surface area (TPSA) is 61.0 Å². The molecule has 0 fully saturated rings. The van der Waals surface area contributed by atoms with Crippen LogP contribution in [0.4, 0.5) is 0 Å². The molecule has 2 aromatic heterocycles. The highest BCUT2D eigenvalue weighted by Gasteiger charge is 2.18. The van der Waals surface area contributed by atoms with Crippen LogP contribution in [-0.4, -0.2) is 15.1 Å². The van der Waals surface area contributed by atoms with Crippen molar-refractivity contribution in [1.29, 1.82) is 0 Å². The average Bonchev–Trinajstić information content (AvgIpc) is 3.05. The monoisotopic (exact) mass is 323 g/mol. The molecule has 5 nitrogen and oxygen atoms in total. The minimum Gasteiger partial charge on any atom is -0.481 e. The third kappa shape index (κ3) is 3.62. The molecule has 0 radical (unpaired) electrons. The van der Waals surface area contributed by atoms with E-state index in [9.17, 15) is 0 Å². The van der Waals surface area contributed by atoms with Crippen molar-refractivity contribution in [1.82, 2.24) is 15.1 Å². The molecule has 0 saturated heterocycles. The third-order valence-corrected chi connectivity index (χ3v) is 3.72. The van der Waals surface area contributed by atoms with E-state index in [-0.39, 0.29) is 11.5 Å². The van der Waals surface area contributed by atoms with Crippen molar-refractivity contribution in [2.45, 2.75) is 39.2 Å². The molecule has 0 N–H and O–H groups in total. The number of rotatable bonds is 4. The Balaban J connectivity index is 1.71. The fraction of sp³-hybridized carbons (Fsp3) is 0.316. The lowest BCUT2D eigenvalue weighted by molar-refractivity contribution is 0.175. The van der Waals surface area contributed by atoms with Gasteiger partial charge in [-0.05, 0) is 42.2 Å². The number of hydrogen-bond donors (Lipinski definition) is 0. The first kappa shape index (κ1) is 16.2. The first-order valence-corrected chi connectivity index (χ1v) is 7.96. The van der Waals surface area contributed by atoms with Gasteiger partial charge in [0.1, 0.15) is 11.4 Å². The van der Waals surface area contributed by atoms with Crippen molar-refractivity contribution in [3.05, 3.63) is 60.1 Å². The van der Waals surface area contributed by atoms with Crippen LogP contribution in [0.2, 0.25) is 0 Å².